The fourth-order valence-electron chi connectivity index (χ4n) is 5.26. The van der Waals surface area contributed by atoms with Gasteiger partial charge in [0.2, 0.25) is 25.5 Å². The molecule has 2 aliphatic heterocycles. The number of ether oxygens (including phenoxy) is 2. The summed E-state index contributed by atoms with van der Waals surface area (Å²) < 4.78 is 76.1. The van der Waals surface area contributed by atoms with E-state index < -0.39 is 47.9 Å². The Bertz CT molecular complexity index is 1710. The third-order valence-electron chi connectivity index (χ3n) is 7.49. The Morgan fingerprint density at radius 1 is 1.20 bits per heavy atom. The third kappa shape index (κ3) is 6.45. The average Bonchev–Trinajstić information content (AvgIpc) is 3.33. The molecule has 0 amide bonds. The number of nitrogens with one attached hydrogen (secondary N) is 2. The van der Waals surface area contributed by atoms with Crippen LogP contribution in [-0.2, 0) is 24.8 Å². The molecular weight excluding hydrogens is 579 g/mol. The molecule has 1 spiro atoms. The number of rotatable bonds is 9. The maximum Gasteiger partial charge on any atom is 0.248 e. The van der Waals surface area contributed by atoms with Crippen LogP contribution in [-0.4, -0.2) is 81.8 Å². The van der Waals surface area contributed by atoms with E-state index in [1.807, 2.05) is 0 Å². The van der Waals surface area contributed by atoms with Crippen molar-refractivity contribution in [3.8, 4) is 5.75 Å². The Labute approximate surface area is 236 Å². The number of primary sulfonamides is 1. The van der Waals surface area contributed by atoms with E-state index in [-0.39, 0.29) is 48.3 Å². The quantitative estimate of drug-likeness (QED) is 0.271. The number of aromatic nitrogens is 1. The Hall–Kier alpha value is -2.92. The van der Waals surface area contributed by atoms with Crippen LogP contribution >= 0.6 is 0 Å². The van der Waals surface area contributed by atoms with Gasteiger partial charge in [-0.2, -0.15) is 4.31 Å². The highest BCUT2D eigenvalue weighted by Gasteiger charge is 2.45. The molecule has 0 bridgehead atoms. The van der Waals surface area contributed by atoms with Crippen molar-refractivity contribution >= 4 is 30.9 Å². The summed E-state index contributed by atoms with van der Waals surface area (Å²) in [5.41, 5.74) is -0.934. The highest BCUT2D eigenvalue weighted by Crippen LogP contribution is 2.37. The Morgan fingerprint density at radius 3 is 2.68 bits per heavy atom. The first-order valence-electron chi connectivity index (χ1n) is 13.0. The van der Waals surface area contributed by atoms with Crippen molar-refractivity contribution in [2.24, 2.45) is 5.14 Å². The van der Waals surface area contributed by atoms with E-state index in [0.29, 0.717) is 31.4 Å². The molecule has 5 N–H and O–H groups in total. The van der Waals surface area contributed by atoms with Crippen molar-refractivity contribution in [1.29, 1.82) is 0 Å². The maximum absolute atomic E-state index is 13.7. The number of fused-ring (bicyclic) bond motifs is 1. The molecule has 2 saturated heterocycles. The van der Waals surface area contributed by atoms with Gasteiger partial charge in [0.15, 0.2) is 0 Å². The van der Waals surface area contributed by atoms with Gasteiger partial charge in [-0.1, -0.05) is 6.07 Å². The molecule has 2 fully saturated rings. The SMILES string of the molecule is NS(=O)(=O)c1cccc(OCC(O)CNC2COC3(CCN(S(=O)(=O)c4c[nH]c5ccc(F)cc5c4=O)CC3)C2)c1. The summed E-state index contributed by atoms with van der Waals surface area (Å²) in [6.07, 6.45) is 1.73. The summed E-state index contributed by atoms with van der Waals surface area (Å²) in [6, 6.07) is 9.21. The number of pyridine rings is 1. The van der Waals surface area contributed by atoms with Gasteiger partial charge >= 0.3 is 0 Å². The molecule has 5 rings (SSSR count). The van der Waals surface area contributed by atoms with E-state index in [0.717, 1.165) is 12.3 Å². The van der Waals surface area contributed by atoms with Crippen molar-refractivity contribution < 1.29 is 35.8 Å². The zero-order valence-corrected chi connectivity index (χ0v) is 23.6. The number of piperidine rings is 1. The van der Waals surface area contributed by atoms with E-state index in [1.165, 1.54) is 34.6 Å². The summed E-state index contributed by atoms with van der Waals surface area (Å²) in [7, 11) is -7.98. The summed E-state index contributed by atoms with van der Waals surface area (Å²) in [5.74, 6) is -0.368. The topological polar surface area (TPSA) is 181 Å². The van der Waals surface area contributed by atoms with E-state index in [1.54, 1.807) is 6.07 Å². The number of halogens is 1. The smallest absolute Gasteiger partial charge is 0.248 e. The largest absolute Gasteiger partial charge is 0.491 e. The Balaban J connectivity index is 1.13. The van der Waals surface area contributed by atoms with Crippen LogP contribution in [0, 0.1) is 5.82 Å². The lowest BCUT2D eigenvalue weighted by Gasteiger charge is -2.37. The number of benzene rings is 2. The number of nitrogens with zero attached hydrogens (tertiary/aromatic N) is 1. The second kappa shape index (κ2) is 11.4. The molecule has 3 aromatic rings. The summed E-state index contributed by atoms with van der Waals surface area (Å²) in [4.78, 5) is 15.1. The minimum absolute atomic E-state index is 0.0304. The lowest BCUT2D eigenvalue weighted by Crippen LogP contribution is -2.47. The number of hydrogen-bond donors (Lipinski definition) is 4. The zero-order chi connectivity index (χ0) is 29.4. The van der Waals surface area contributed by atoms with Crippen LogP contribution in [0.3, 0.4) is 0 Å². The normalized spacial score (nSPS) is 20.4. The van der Waals surface area contributed by atoms with Crippen LogP contribution in [0.5, 0.6) is 5.75 Å². The first-order chi connectivity index (χ1) is 19.4. The van der Waals surface area contributed by atoms with Crippen LogP contribution in [0.15, 0.2) is 63.2 Å². The van der Waals surface area contributed by atoms with E-state index >= 15 is 0 Å². The fourth-order valence-corrected chi connectivity index (χ4v) is 7.30. The van der Waals surface area contributed by atoms with Gasteiger partial charge in [0.05, 0.1) is 17.1 Å². The van der Waals surface area contributed by atoms with Crippen LogP contribution in [0.4, 0.5) is 4.39 Å². The highest BCUT2D eigenvalue weighted by molar-refractivity contribution is 7.89. The van der Waals surface area contributed by atoms with Crippen LogP contribution < -0.4 is 20.6 Å². The van der Waals surface area contributed by atoms with E-state index in [2.05, 4.69) is 10.3 Å². The van der Waals surface area contributed by atoms with Crippen molar-refractivity contribution in [2.75, 3.05) is 32.8 Å². The summed E-state index contributed by atoms with van der Waals surface area (Å²) in [6.45, 7) is 0.818. The second-order valence-electron chi connectivity index (χ2n) is 10.4. The Kier molecular flexibility index (Phi) is 8.22. The Morgan fingerprint density at radius 2 is 1.95 bits per heavy atom. The number of aromatic amines is 1. The average molecular weight is 611 g/mol. The van der Waals surface area contributed by atoms with Crippen LogP contribution in [0.2, 0.25) is 0 Å². The minimum Gasteiger partial charge on any atom is -0.491 e. The molecule has 222 valence electrons. The van der Waals surface area contributed by atoms with Gasteiger partial charge in [0, 0.05) is 48.8 Å². The van der Waals surface area contributed by atoms with Crippen molar-refractivity contribution in [1.82, 2.24) is 14.6 Å². The number of nitrogens with two attached hydrogens (primary N) is 1. The number of hydrogen-bond acceptors (Lipinski definition) is 9. The lowest BCUT2D eigenvalue weighted by atomic mass is 9.88. The summed E-state index contributed by atoms with van der Waals surface area (Å²) >= 11 is 0. The van der Waals surface area contributed by atoms with Gasteiger partial charge in [-0.25, -0.2) is 26.4 Å². The molecular formula is C26H31FN4O8S2. The van der Waals surface area contributed by atoms with Crippen molar-refractivity contribution in [3.63, 3.8) is 0 Å². The van der Waals surface area contributed by atoms with Crippen molar-refractivity contribution in [3.05, 3.63) is 64.7 Å². The van der Waals surface area contributed by atoms with Crippen LogP contribution in [0.25, 0.3) is 10.9 Å². The maximum atomic E-state index is 13.7. The number of aliphatic hydroxyl groups excluding tert-OH is 1. The van der Waals surface area contributed by atoms with E-state index in [4.69, 9.17) is 14.6 Å². The van der Waals surface area contributed by atoms with E-state index in [9.17, 15) is 31.1 Å². The molecule has 2 unspecified atom stereocenters. The molecule has 2 aromatic carbocycles. The molecule has 15 heteroatoms. The second-order valence-corrected chi connectivity index (χ2v) is 13.8. The van der Waals surface area contributed by atoms with Gasteiger partial charge in [-0.3, -0.25) is 4.79 Å². The first-order valence-corrected chi connectivity index (χ1v) is 16.0. The number of H-pyrrole nitrogens is 1. The van der Waals surface area contributed by atoms with Gasteiger partial charge in [-0.05, 0) is 49.6 Å². The molecule has 12 nitrogen and oxygen atoms in total. The van der Waals surface area contributed by atoms with Gasteiger partial charge in [0.25, 0.3) is 0 Å². The summed E-state index contributed by atoms with van der Waals surface area (Å²) in [5, 5.41) is 18.7. The first kappa shape index (κ1) is 29.6. The van der Waals surface area contributed by atoms with Gasteiger partial charge in [0.1, 0.15) is 29.2 Å². The monoisotopic (exact) mass is 610 g/mol. The highest BCUT2D eigenvalue weighted by atomic mass is 32.2. The standard InChI is InChI=1S/C26H31FN4O8S2/c27-17-4-5-23-22(10-17)25(33)24(14-30-23)41(36,37)31-8-6-26(7-9-31)12-18(15-39-26)29-13-19(32)16-38-20-2-1-3-21(11-20)40(28,34)35/h1-5,10-11,14,18-19,29,32H,6-9,12-13,15-16H2,(H,30,33)(H2,28,34,35). The molecule has 3 heterocycles. The molecule has 2 atom stereocenters. The third-order valence-corrected chi connectivity index (χ3v) is 10.3. The molecule has 41 heavy (non-hydrogen) atoms. The fraction of sp³-hybridized carbons (Fsp3) is 0.423. The predicted molar refractivity (Wildman–Crippen MR) is 147 cm³/mol. The zero-order valence-electron chi connectivity index (χ0n) is 22.0. The number of sulfonamides is 2. The minimum atomic E-state index is -4.11. The van der Waals surface area contributed by atoms with Gasteiger partial charge in [-0.15, -0.1) is 0 Å². The molecule has 0 saturated carbocycles. The molecule has 1 aromatic heterocycles. The molecule has 2 aliphatic rings. The molecule has 0 radical (unpaired) electrons. The van der Waals surface area contributed by atoms with Crippen molar-refractivity contribution in [2.45, 2.75) is 46.8 Å². The lowest BCUT2D eigenvalue weighted by molar-refractivity contribution is -0.0312. The van der Waals surface area contributed by atoms with Crippen LogP contribution in [0.1, 0.15) is 19.3 Å². The number of aliphatic hydroxyl groups is 1. The molecule has 0 aliphatic carbocycles. The predicted octanol–water partition coefficient (Wildman–Crippen LogP) is 0.656. The van der Waals surface area contributed by atoms with Gasteiger partial charge < -0.3 is 24.9 Å².